The summed E-state index contributed by atoms with van der Waals surface area (Å²) < 4.78 is 28.2. The van der Waals surface area contributed by atoms with Crippen molar-refractivity contribution in [1.82, 2.24) is 0 Å². The standard InChI is InChI=1S/C65H102O12/c1-4-7-10-13-16-19-22-25-27-28-29-30-32-34-36-39-42-45-48-51-57(66)73-54-56(75-58(67)52-49-46-43-40-38-35-31-26-23-20-17-14-11-8-5-2)55-74-65-63(61(70)60(69)62(77-65)64(71)72)76-59(68)53-50-47-44-41-37-33-24-21-18-15-12-9-6-3/h8-9,11-12,16-21,25-27,31,33,37-38,40,46,49,56,60-63,65,69-70H,4-7,10,13-15,22-24,28-30,32,34-36,39,41-45,47-48,50-55H2,1-3H3,(H,71,72)/b11-8-,12-9-,19-16-,20-17-,21-18-,27-25-,31-26-,37-33-,40-38-,49-46-. The van der Waals surface area contributed by atoms with Crippen molar-refractivity contribution in [2.75, 3.05) is 13.2 Å². The Labute approximate surface area is 465 Å². The van der Waals surface area contributed by atoms with E-state index in [9.17, 15) is 34.5 Å². The minimum atomic E-state index is -1.93. The molecule has 0 aliphatic carbocycles. The Balaban J connectivity index is 2.75. The van der Waals surface area contributed by atoms with Crippen molar-refractivity contribution in [3.8, 4) is 0 Å². The second-order valence-corrected chi connectivity index (χ2v) is 19.5. The van der Waals surface area contributed by atoms with Gasteiger partial charge in [0.25, 0.3) is 0 Å². The molecule has 1 rings (SSSR count). The van der Waals surface area contributed by atoms with Crippen molar-refractivity contribution in [3.05, 3.63) is 122 Å². The minimum absolute atomic E-state index is 0.00829. The van der Waals surface area contributed by atoms with Crippen molar-refractivity contribution in [1.29, 1.82) is 0 Å². The second kappa shape index (κ2) is 51.9. The summed E-state index contributed by atoms with van der Waals surface area (Å²) in [4.78, 5) is 51.0. The maximum Gasteiger partial charge on any atom is 0.335 e. The van der Waals surface area contributed by atoms with E-state index in [4.69, 9.17) is 23.7 Å². The highest BCUT2D eigenvalue weighted by atomic mass is 16.7. The normalized spacial score (nSPS) is 18.9. The molecule has 0 bridgehead atoms. The number of carboxylic acids is 1. The molecule has 1 aliphatic rings. The molecule has 77 heavy (non-hydrogen) atoms. The molecule has 0 saturated carbocycles. The van der Waals surface area contributed by atoms with Crippen LogP contribution < -0.4 is 0 Å². The average molecular weight is 1080 g/mol. The van der Waals surface area contributed by atoms with E-state index >= 15 is 0 Å². The topological polar surface area (TPSA) is 175 Å². The molecule has 0 spiro atoms. The number of allylic oxidation sites excluding steroid dienone is 19. The van der Waals surface area contributed by atoms with E-state index in [0.717, 1.165) is 96.3 Å². The maximum atomic E-state index is 13.1. The Morgan fingerprint density at radius 2 is 0.857 bits per heavy atom. The Hall–Kier alpha value is -4.88. The predicted octanol–water partition coefficient (Wildman–Crippen LogP) is 15.2. The van der Waals surface area contributed by atoms with Crippen LogP contribution in [0.4, 0.5) is 0 Å². The number of esters is 3. The monoisotopic (exact) mass is 1070 g/mol. The van der Waals surface area contributed by atoms with E-state index in [1.165, 1.54) is 57.8 Å². The van der Waals surface area contributed by atoms with Gasteiger partial charge in [0.2, 0.25) is 0 Å². The number of aliphatic hydroxyl groups excluding tert-OH is 2. The first-order chi connectivity index (χ1) is 37.6. The third-order valence-electron chi connectivity index (χ3n) is 12.5. The molecule has 12 heteroatoms. The quantitative estimate of drug-likeness (QED) is 0.0228. The SMILES string of the molecule is CC/C=C\C/C=C\C/C=C\C/C=C\C/C=C\CC(=O)OC(COC(=O)CCCCCCCCCCC/C=C\C/C=C\CCCCC)COC1OC(C(=O)O)C(O)C(O)C1OC(=O)CCCCC/C=C\C/C=C\C/C=C\CC. The summed E-state index contributed by atoms with van der Waals surface area (Å²) in [5.74, 6) is -3.35. The maximum absolute atomic E-state index is 13.1. The molecule has 0 amide bonds. The van der Waals surface area contributed by atoms with Crippen LogP contribution in [0.2, 0.25) is 0 Å². The van der Waals surface area contributed by atoms with E-state index in [-0.39, 0.29) is 25.9 Å². The number of unbranched alkanes of at least 4 members (excludes halogenated alkanes) is 15. The number of aliphatic carboxylic acids is 1. The first-order valence-corrected chi connectivity index (χ1v) is 29.5. The third-order valence-corrected chi connectivity index (χ3v) is 12.5. The van der Waals surface area contributed by atoms with Crippen molar-refractivity contribution in [2.45, 2.75) is 250 Å². The summed E-state index contributed by atoms with van der Waals surface area (Å²) in [5.41, 5.74) is 0. The largest absolute Gasteiger partial charge is 0.479 e. The number of carboxylic acid groups (broad SMARTS) is 1. The molecule has 3 N–H and O–H groups in total. The van der Waals surface area contributed by atoms with Gasteiger partial charge in [-0.1, -0.05) is 206 Å². The van der Waals surface area contributed by atoms with Crippen LogP contribution in [0.25, 0.3) is 0 Å². The fourth-order valence-corrected chi connectivity index (χ4v) is 8.07. The molecule has 6 atom stereocenters. The van der Waals surface area contributed by atoms with Gasteiger partial charge in [0.1, 0.15) is 18.8 Å². The predicted molar refractivity (Wildman–Crippen MR) is 312 cm³/mol. The first kappa shape index (κ1) is 70.1. The van der Waals surface area contributed by atoms with Gasteiger partial charge in [-0.15, -0.1) is 0 Å². The van der Waals surface area contributed by atoms with Crippen LogP contribution in [0.3, 0.4) is 0 Å². The van der Waals surface area contributed by atoms with Gasteiger partial charge in [-0.2, -0.15) is 0 Å². The molecule has 0 aromatic carbocycles. The third kappa shape index (κ3) is 41.8. The van der Waals surface area contributed by atoms with Gasteiger partial charge in [0.05, 0.1) is 13.0 Å². The molecule has 1 fully saturated rings. The number of carbonyl (C=O) groups is 4. The average Bonchev–Trinajstić information content (AvgIpc) is 3.41. The molecule has 1 heterocycles. The summed E-state index contributed by atoms with van der Waals surface area (Å²) in [5, 5.41) is 31.4. The zero-order valence-corrected chi connectivity index (χ0v) is 47.7. The second-order valence-electron chi connectivity index (χ2n) is 19.5. The highest BCUT2D eigenvalue weighted by Gasteiger charge is 2.50. The lowest BCUT2D eigenvalue weighted by molar-refractivity contribution is -0.301. The van der Waals surface area contributed by atoms with Gasteiger partial charge in [-0.05, 0) is 109 Å². The Morgan fingerprint density at radius 3 is 1.32 bits per heavy atom. The van der Waals surface area contributed by atoms with E-state index in [1.54, 1.807) is 6.08 Å². The van der Waals surface area contributed by atoms with Crippen LogP contribution in [-0.4, -0.2) is 89.2 Å². The van der Waals surface area contributed by atoms with Gasteiger partial charge < -0.3 is 39.0 Å². The minimum Gasteiger partial charge on any atom is -0.479 e. The van der Waals surface area contributed by atoms with Gasteiger partial charge in [0.15, 0.2) is 24.6 Å². The highest BCUT2D eigenvalue weighted by molar-refractivity contribution is 5.74. The van der Waals surface area contributed by atoms with Crippen molar-refractivity contribution in [3.63, 3.8) is 0 Å². The fourth-order valence-electron chi connectivity index (χ4n) is 8.07. The molecular weight excluding hydrogens is 973 g/mol. The van der Waals surface area contributed by atoms with Gasteiger partial charge in [-0.3, -0.25) is 14.4 Å². The van der Waals surface area contributed by atoms with E-state index in [0.29, 0.717) is 19.3 Å². The number of aliphatic hydroxyl groups is 2. The van der Waals surface area contributed by atoms with Crippen LogP contribution in [0.5, 0.6) is 0 Å². The van der Waals surface area contributed by atoms with Gasteiger partial charge in [-0.25, -0.2) is 4.79 Å². The number of hydrogen-bond acceptors (Lipinski definition) is 11. The summed E-state index contributed by atoms with van der Waals surface area (Å²) in [6.45, 7) is 5.62. The summed E-state index contributed by atoms with van der Waals surface area (Å²) >= 11 is 0. The number of ether oxygens (including phenoxy) is 5. The van der Waals surface area contributed by atoms with Crippen molar-refractivity contribution in [2.24, 2.45) is 0 Å². The molecule has 0 aromatic rings. The molecule has 0 aromatic heterocycles. The van der Waals surface area contributed by atoms with Crippen LogP contribution in [0.15, 0.2) is 122 Å². The zero-order valence-electron chi connectivity index (χ0n) is 47.7. The highest BCUT2D eigenvalue weighted by Crippen LogP contribution is 2.26. The molecule has 1 aliphatic heterocycles. The Morgan fingerprint density at radius 1 is 0.455 bits per heavy atom. The lowest BCUT2D eigenvalue weighted by atomic mass is 9.98. The molecule has 6 unspecified atom stereocenters. The van der Waals surface area contributed by atoms with Gasteiger partial charge >= 0.3 is 23.9 Å². The smallest absolute Gasteiger partial charge is 0.335 e. The van der Waals surface area contributed by atoms with E-state index in [2.05, 4.69) is 118 Å². The Bertz CT molecular complexity index is 1800. The van der Waals surface area contributed by atoms with Crippen LogP contribution in [-0.2, 0) is 42.9 Å². The molecule has 434 valence electrons. The first-order valence-electron chi connectivity index (χ1n) is 29.5. The van der Waals surface area contributed by atoms with Crippen LogP contribution in [0, 0.1) is 0 Å². The van der Waals surface area contributed by atoms with Crippen LogP contribution in [0.1, 0.15) is 213 Å². The van der Waals surface area contributed by atoms with Crippen LogP contribution >= 0.6 is 0 Å². The summed E-state index contributed by atoms with van der Waals surface area (Å²) in [7, 11) is 0. The van der Waals surface area contributed by atoms with E-state index in [1.807, 2.05) is 18.2 Å². The lowest BCUT2D eigenvalue weighted by Gasteiger charge is -2.40. The fraction of sp³-hybridized carbons (Fsp3) is 0.631. The lowest BCUT2D eigenvalue weighted by Crippen LogP contribution is -2.61. The molecule has 0 radical (unpaired) electrons. The summed E-state index contributed by atoms with van der Waals surface area (Å²) in [6, 6.07) is 0. The molecular formula is C65H102O12. The van der Waals surface area contributed by atoms with Crippen molar-refractivity contribution >= 4 is 23.9 Å². The number of carbonyl (C=O) groups excluding carboxylic acids is 3. The van der Waals surface area contributed by atoms with Crippen molar-refractivity contribution < 1.29 is 58.2 Å². The summed E-state index contributed by atoms with van der Waals surface area (Å²) in [6.07, 6.45) is 59.2. The molecule has 1 saturated heterocycles. The van der Waals surface area contributed by atoms with Gasteiger partial charge in [0, 0.05) is 12.8 Å². The number of rotatable bonds is 48. The van der Waals surface area contributed by atoms with E-state index < -0.39 is 67.3 Å². The zero-order chi connectivity index (χ0) is 56.1. The number of hydrogen-bond donors (Lipinski definition) is 3. The molecule has 12 nitrogen and oxygen atoms in total. The Kier molecular flexibility index (Phi) is 47.2.